The number of rotatable bonds is 11. The lowest BCUT2D eigenvalue weighted by Gasteiger charge is -2.49. The number of aryl methyl sites for hydroxylation is 1. The van der Waals surface area contributed by atoms with E-state index in [1.807, 2.05) is 0 Å². The minimum Gasteiger partial charge on any atom is -0.477 e. The molecule has 2 aliphatic heterocycles. The standard InChI is InChI=1S/C19H21N9O7S3/c1-3-34-10(29)4-35-24-11(9-7-37-18(20)21-9)14(30)22-12-15(31)28-13(17(32)33)8(5-36-16(12)28)6-38-19-23-25-26-27(19)2/h7,12,16H,3-6H2,1-2H3,(H2,20,21)(H,22,30)(H,32,33)/b24-11-/t12?,16-/m1/s1. The number of carboxylic acid groups (broad SMARTS) is 1. The van der Waals surface area contributed by atoms with Crippen molar-refractivity contribution >= 4 is 69.5 Å². The van der Waals surface area contributed by atoms with Gasteiger partial charge in [0.15, 0.2) is 10.8 Å². The molecular weight excluding hydrogens is 562 g/mol. The highest BCUT2D eigenvalue weighted by molar-refractivity contribution is 8.01. The van der Waals surface area contributed by atoms with Gasteiger partial charge >= 0.3 is 11.9 Å². The predicted molar refractivity (Wildman–Crippen MR) is 135 cm³/mol. The van der Waals surface area contributed by atoms with E-state index >= 15 is 0 Å². The van der Waals surface area contributed by atoms with E-state index < -0.39 is 41.8 Å². The first kappa shape index (κ1) is 27.3. The molecule has 1 unspecified atom stereocenters. The molecule has 4 heterocycles. The van der Waals surface area contributed by atoms with E-state index in [1.54, 1.807) is 14.0 Å². The van der Waals surface area contributed by atoms with Crippen molar-refractivity contribution in [3.63, 3.8) is 0 Å². The number of carbonyl (C=O) groups is 4. The van der Waals surface area contributed by atoms with Crippen molar-refractivity contribution in [2.24, 2.45) is 12.2 Å². The molecule has 0 saturated carbocycles. The number of β-lactam (4-membered cyclic amide) rings is 1. The summed E-state index contributed by atoms with van der Waals surface area (Å²) in [5.74, 6) is -2.78. The number of thiazole rings is 1. The molecule has 1 fully saturated rings. The summed E-state index contributed by atoms with van der Waals surface area (Å²) in [4.78, 5) is 59.8. The number of hydrogen-bond acceptors (Lipinski definition) is 15. The quantitative estimate of drug-likeness (QED) is 0.0957. The fraction of sp³-hybridized carbons (Fsp3) is 0.421. The van der Waals surface area contributed by atoms with Crippen molar-refractivity contribution in [1.82, 2.24) is 35.4 Å². The molecule has 0 aliphatic carbocycles. The molecule has 0 bridgehead atoms. The highest BCUT2D eigenvalue weighted by Gasteiger charge is 2.54. The number of carboxylic acids is 1. The Balaban J connectivity index is 1.47. The zero-order valence-electron chi connectivity index (χ0n) is 19.9. The Kier molecular flexibility index (Phi) is 8.47. The third-order valence-electron chi connectivity index (χ3n) is 5.12. The molecule has 19 heteroatoms. The van der Waals surface area contributed by atoms with Crippen molar-refractivity contribution in [2.75, 3.05) is 30.5 Å². The number of ether oxygens (including phenoxy) is 1. The van der Waals surface area contributed by atoms with Crippen LogP contribution in [0, 0.1) is 0 Å². The van der Waals surface area contributed by atoms with Crippen LogP contribution in [0.5, 0.6) is 0 Å². The molecule has 2 aliphatic rings. The van der Waals surface area contributed by atoms with Crippen LogP contribution in [0.25, 0.3) is 0 Å². The van der Waals surface area contributed by atoms with Crippen LogP contribution in [0.3, 0.4) is 0 Å². The van der Waals surface area contributed by atoms with Gasteiger partial charge in [-0.15, -0.1) is 28.2 Å². The van der Waals surface area contributed by atoms with Gasteiger partial charge in [-0.25, -0.2) is 19.3 Å². The molecule has 2 aromatic heterocycles. The first-order chi connectivity index (χ1) is 18.2. The third kappa shape index (κ3) is 5.73. The Labute approximate surface area is 227 Å². The average Bonchev–Trinajstić information content (AvgIpc) is 3.50. The van der Waals surface area contributed by atoms with Gasteiger partial charge < -0.3 is 25.7 Å². The van der Waals surface area contributed by atoms with E-state index in [4.69, 9.17) is 15.3 Å². The topological polar surface area (TPSA) is 217 Å². The van der Waals surface area contributed by atoms with Gasteiger partial charge in [-0.1, -0.05) is 16.9 Å². The summed E-state index contributed by atoms with van der Waals surface area (Å²) in [6.07, 6.45) is 0. The number of aromatic nitrogens is 5. The number of nitrogens with two attached hydrogens (primary N) is 1. The molecule has 2 aromatic rings. The first-order valence-corrected chi connectivity index (χ1v) is 13.8. The van der Waals surface area contributed by atoms with Crippen molar-refractivity contribution in [3.05, 3.63) is 22.3 Å². The van der Waals surface area contributed by atoms with Crippen LogP contribution in [0.15, 0.2) is 27.0 Å². The molecule has 0 aromatic carbocycles. The molecule has 4 N–H and O–H groups in total. The second-order valence-electron chi connectivity index (χ2n) is 7.58. The molecule has 2 amide bonds. The van der Waals surface area contributed by atoms with Gasteiger partial charge in [0.25, 0.3) is 11.8 Å². The van der Waals surface area contributed by atoms with Crippen molar-refractivity contribution in [3.8, 4) is 0 Å². The predicted octanol–water partition coefficient (Wildman–Crippen LogP) is -0.936. The molecule has 2 atom stereocenters. The normalized spacial score (nSPS) is 19.1. The van der Waals surface area contributed by atoms with Crippen LogP contribution in [0.4, 0.5) is 5.13 Å². The summed E-state index contributed by atoms with van der Waals surface area (Å²) < 4.78 is 6.21. The number of anilines is 1. The maximum atomic E-state index is 13.1. The number of oxime groups is 1. The second kappa shape index (κ2) is 11.8. The molecule has 4 rings (SSSR count). The molecule has 38 heavy (non-hydrogen) atoms. The summed E-state index contributed by atoms with van der Waals surface area (Å²) in [6.45, 7) is 1.23. The number of thioether (sulfide) groups is 2. The Morgan fingerprint density at radius 2 is 2.18 bits per heavy atom. The van der Waals surface area contributed by atoms with E-state index in [9.17, 15) is 24.3 Å². The smallest absolute Gasteiger partial charge is 0.352 e. The molecule has 1 saturated heterocycles. The highest BCUT2D eigenvalue weighted by atomic mass is 32.2. The van der Waals surface area contributed by atoms with Crippen LogP contribution in [-0.2, 0) is 35.8 Å². The zero-order valence-corrected chi connectivity index (χ0v) is 22.3. The number of nitrogen functional groups attached to an aromatic ring is 1. The Hall–Kier alpha value is -3.71. The Bertz CT molecular complexity index is 1320. The molecule has 202 valence electrons. The average molecular weight is 584 g/mol. The van der Waals surface area contributed by atoms with Gasteiger partial charge in [0.2, 0.25) is 11.8 Å². The number of esters is 1. The minimum atomic E-state index is -1.26. The van der Waals surface area contributed by atoms with E-state index in [0.29, 0.717) is 16.5 Å². The first-order valence-electron chi connectivity index (χ1n) is 10.8. The van der Waals surface area contributed by atoms with E-state index in [1.165, 1.54) is 33.6 Å². The van der Waals surface area contributed by atoms with Gasteiger partial charge in [-0.3, -0.25) is 14.5 Å². The number of nitrogens with one attached hydrogen (secondary N) is 1. The summed E-state index contributed by atoms with van der Waals surface area (Å²) in [6, 6.07) is -1.02. The van der Waals surface area contributed by atoms with Crippen molar-refractivity contribution in [1.29, 1.82) is 0 Å². The third-order valence-corrected chi connectivity index (χ3v) is 8.23. The maximum Gasteiger partial charge on any atom is 0.352 e. The number of hydrogen-bond donors (Lipinski definition) is 3. The molecule has 0 spiro atoms. The van der Waals surface area contributed by atoms with E-state index in [2.05, 4.69) is 31.0 Å². The zero-order chi connectivity index (χ0) is 27.4. The van der Waals surface area contributed by atoms with Gasteiger partial charge in [0.1, 0.15) is 22.8 Å². The summed E-state index contributed by atoms with van der Waals surface area (Å²) >= 11 is 3.61. The monoisotopic (exact) mass is 583 g/mol. The molecule has 16 nitrogen and oxygen atoms in total. The minimum absolute atomic E-state index is 0.0810. The summed E-state index contributed by atoms with van der Waals surface area (Å²) in [5.41, 5.74) is 5.83. The Morgan fingerprint density at radius 3 is 2.82 bits per heavy atom. The summed E-state index contributed by atoms with van der Waals surface area (Å²) in [7, 11) is 1.66. The van der Waals surface area contributed by atoms with Crippen molar-refractivity contribution < 1.29 is 33.9 Å². The number of carbonyl (C=O) groups excluding carboxylic acids is 3. The fourth-order valence-corrected chi connectivity index (χ4v) is 6.33. The lowest BCUT2D eigenvalue weighted by atomic mass is 10.0. The fourth-order valence-electron chi connectivity index (χ4n) is 3.45. The van der Waals surface area contributed by atoms with Crippen LogP contribution in [-0.4, -0.2) is 101 Å². The SMILES string of the molecule is CCOC(=O)CO/N=C(\C(=O)NC1C(=O)N2C(C(=O)O)=C(CSc3nnnn3C)CS[C@H]12)c1csc(N)n1. The lowest BCUT2D eigenvalue weighted by Crippen LogP contribution is -2.71. The highest BCUT2D eigenvalue weighted by Crippen LogP contribution is 2.41. The number of nitrogens with zero attached hydrogens (tertiary/aromatic N) is 7. The Morgan fingerprint density at radius 1 is 1.39 bits per heavy atom. The van der Waals surface area contributed by atoms with Crippen LogP contribution >= 0.6 is 34.9 Å². The van der Waals surface area contributed by atoms with Gasteiger partial charge in [0, 0.05) is 23.9 Å². The van der Waals surface area contributed by atoms with Gasteiger partial charge in [-0.05, 0) is 22.9 Å². The van der Waals surface area contributed by atoms with Crippen LogP contribution < -0.4 is 11.1 Å². The van der Waals surface area contributed by atoms with Crippen molar-refractivity contribution in [2.45, 2.75) is 23.5 Å². The second-order valence-corrected chi connectivity index (χ2v) is 10.5. The van der Waals surface area contributed by atoms with Gasteiger partial charge in [0.05, 0.1) is 6.61 Å². The van der Waals surface area contributed by atoms with Crippen LogP contribution in [0.1, 0.15) is 12.6 Å². The number of aliphatic carboxylic acids is 1. The molecule has 0 radical (unpaired) electrons. The maximum absolute atomic E-state index is 13.1. The number of fused-ring (bicyclic) bond motifs is 1. The largest absolute Gasteiger partial charge is 0.477 e. The number of tetrazole rings is 1. The van der Waals surface area contributed by atoms with E-state index in [-0.39, 0.29) is 34.6 Å². The van der Waals surface area contributed by atoms with Crippen LogP contribution in [0.2, 0.25) is 0 Å². The summed E-state index contributed by atoms with van der Waals surface area (Å²) in [5, 5.41) is 28.8. The molecular formula is C19H21N9O7S3. The number of amides is 2. The van der Waals surface area contributed by atoms with E-state index in [0.717, 1.165) is 16.2 Å². The van der Waals surface area contributed by atoms with Gasteiger partial charge in [-0.2, -0.15) is 0 Å². The lowest BCUT2D eigenvalue weighted by molar-refractivity contribution is -0.150.